The van der Waals surface area contributed by atoms with Crippen LogP contribution in [0.2, 0.25) is 0 Å². The lowest BCUT2D eigenvalue weighted by molar-refractivity contribution is -0.102. The number of likely N-dealkylation sites (N-methyl/N-ethyl adjacent to an activating group) is 1. The van der Waals surface area contributed by atoms with E-state index >= 15 is 0 Å². The van der Waals surface area contributed by atoms with Crippen molar-refractivity contribution in [1.82, 2.24) is 5.32 Å². The zero-order chi connectivity index (χ0) is 14.8. The first-order chi connectivity index (χ1) is 9.68. The molecule has 120 valence electrons. The van der Waals surface area contributed by atoms with Gasteiger partial charge in [-0.15, -0.1) is 0 Å². The van der Waals surface area contributed by atoms with E-state index in [2.05, 4.69) is 33.0 Å². The molecule has 1 N–H and O–H groups in total. The molecule has 2 nitrogen and oxygen atoms in total. The van der Waals surface area contributed by atoms with Gasteiger partial charge in [-0.05, 0) is 38.6 Å². The molecule has 1 rings (SSSR count). The Labute approximate surface area is 127 Å². The van der Waals surface area contributed by atoms with Crippen LogP contribution in [0.25, 0.3) is 0 Å². The first kappa shape index (κ1) is 18.0. The van der Waals surface area contributed by atoms with Crippen molar-refractivity contribution in [2.45, 2.75) is 97.1 Å². The van der Waals surface area contributed by atoms with Crippen LogP contribution in [0.1, 0.15) is 85.5 Å². The fourth-order valence-electron chi connectivity index (χ4n) is 3.95. The van der Waals surface area contributed by atoms with E-state index in [1.54, 1.807) is 0 Å². The summed E-state index contributed by atoms with van der Waals surface area (Å²) in [6, 6.07) is 0.548. The zero-order valence-electron chi connectivity index (χ0n) is 14.3. The maximum atomic E-state index is 6.35. The van der Waals surface area contributed by atoms with E-state index in [1.165, 1.54) is 57.8 Å². The molecule has 0 aromatic carbocycles. The molecule has 20 heavy (non-hydrogen) atoms. The zero-order valence-corrected chi connectivity index (χ0v) is 14.3. The third-order valence-corrected chi connectivity index (χ3v) is 4.85. The molecule has 0 aliphatic heterocycles. The van der Waals surface area contributed by atoms with Gasteiger partial charge in [0, 0.05) is 12.6 Å². The first-order valence-corrected chi connectivity index (χ1v) is 9.05. The minimum Gasteiger partial charge on any atom is -0.374 e. The van der Waals surface area contributed by atoms with Gasteiger partial charge < -0.3 is 10.1 Å². The summed E-state index contributed by atoms with van der Waals surface area (Å²) in [4.78, 5) is 0. The van der Waals surface area contributed by atoms with Crippen molar-refractivity contribution >= 4 is 0 Å². The Kier molecular flexibility index (Phi) is 8.79. The van der Waals surface area contributed by atoms with Crippen LogP contribution < -0.4 is 5.32 Å². The molecule has 0 bridgehead atoms. The van der Waals surface area contributed by atoms with E-state index in [4.69, 9.17) is 4.74 Å². The molecule has 0 aromatic rings. The van der Waals surface area contributed by atoms with Crippen molar-refractivity contribution in [3.63, 3.8) is 0 Å². The molecule has 0 saturated heterocycles. The van der Waals surface area contributed by atoms with Crippen LogP contribution in [0.15, 0.2) is 0 Å². The minimum atomic E-state index is 0.106. The molecule has 1 aliphatic carbocycles. The molecule has 0 amide bonds. The smallest absolute Gasteiger partial charge is 0.0837 e. The third-order valence-electron chi connectivity index (χ3n) is 4.85. The van der Waals surface area contributed by atoms with E-state index in [0.717, 1.165) is 19.1 Å². The van der Waals surface area contributed by atoms with Crippen LogP contribution in [-0.2, 0) is 4.74 Å². The minimum absolute atomic E-state index is 0.106. The number of unbranched alkanes of at least 4 members (excludes halogenated alkanes) is 3. The Morgan fingerprint density at radius 1 is 1.20 bits per heavy atom. The topological polar surface area (TPSA) is 21.3 Å². The Hall–Kier alpha value is -0.0800. The summed E-state index contributed by atoms with van der Waals surface area (Å²) >= 11 is 0. The molecule has 2 heteroatoms. The third kappa shape index (κ3) is 5.37. The van der Waals surface area contributed by atoms with Gasteiger partial charge in [0.2, 0.25) is 0 Å². The predicted molar refractivity (Wildman–Crippen MR) is 88.2 cm³/mol. The van der Waals surface area contributed by atoms with Gasteiger partial charge in [-0.2, -0.15) is 0 Å². The lowest BCUT2D eigenvalue weighted by Crippen LogP contribution is -2.54. The maximum absolute atomic E-state index is 6.35. The number of hydrogen-bond acceptors (Lipinski definition) is 2. The summed E-state index contributed by atoms with van der Waals surface area (Å²) in [6.45, 7) is 11.0. The molecule has 3 unspecified atom stereocenters. The Bertz CT molecular complexity index is 240. The summed E-state index contributed by atoms with van der Waals surface area (Å²) in [5, 5.41) is 3.75. The standard InChI is InChI=1S/C18H37NO/c1-5-8-9-10-13-17(19-6-2)18(20-7-3)14-11-12-16(4)15-18/h16-17,19H,5-15H2,1-4H3. The maximum Gasteiger partial charge on any atom is 0.0837 e. The molecule has 0 radical (unpaired) electrons. The molecular weight excluding hydrogens is 246 g/mol. The van der Waals surface area contributed by atoms with E-state index in [9.17, 15) is 0 Å². The van der Waals surface area contributed by atoms with Crippen molar-refractivity contribution < 1.29 is 4.74 Å². The van der Waals surface area contributed by atoms with Crippen LogP contribution in [-0.4, -0.2) is 24.8 Å². The van der Waals surface area contributed by atoms with Gasteiger partial charge >= 0.3 is 0 Å². The molecular formula is C18H37NO. The van der Waals surface area contributed by atoms with E-state index in [-0.39, 0.29) is 5.60 Å². The van der Waals surface area contributed by atoms with Gasteiger partial charge in [0.25, 0.3) is 0 Å². The summed E-state index contributed by atoms with van der Waals surface area (Å²) in [5.74, 6) is 0.812. The van der Waals surface area contributed by atoms with Crippen LogP contribution in [0, 0.1) is 5.92 Å². The highest BCUT2D eigenvalue weighted by atomic mass is 16.5. The molecule has 0 aromatic heterocycles. The Morgan fingerprint density at radius 3 is 2.60 bits per heavy atom. The predicted octanol–water partition coefficient (Wildman–Crippen LogP) is 4.92. The van der Waals surface area contributed by atoms with Crippen molar-refractivity contribution in [2.24, 2.45) is 5.92 Å². The molecule has 0 spiro atoms. The van der Waals surface area contributed by atoms with Crippen molar-refractivity contribution in [1.29, 1.82) is 0 Å². The van der Waals surface area contributed by atoms with Gasteiger partial charge in [-0.1, -0.05) is 59.3 Å². The second-order valence-corrected chi connectivity index (χ2v) is 6.66. The SMILES string of the molecule is CCCCCCC(NCC)C1(OCC)CCCC(C)C1. The summed E-state index contributed by atoms with van der Waals surface area (Å²) in [7, 11) is 0. The summed E-state index contributed by atoms with van der Waals surface area (Å²) in [5.41, 5.74) is 0.106. The fraction of sp³-hybridized carbons (Fsp3) is 1.00. The van der Waals surface area contributed by atoms with Crippen LogP contribution in [0.5, 0.6) is 0 Å². The number of hydrogen-bond donors (Lipinski definition) is 1. The monoisotopic (exact) mass is 283 g/mol. The quantitative estimate of drug-likeness (QED) is 0.575. The second kappa shape index (κ2) is 9.78. The average Bonchev–Trinajstić information content (AvgIpc) is 2.42. The van der Waals surface area contributed by atoms with Crippen LogP contribution >= 0.6 is 0 Å². The molecule has 1 aliphatic rings. The fourth-order valence-corrected chi connectivity index (χ4v) is 3.95. The summed E-state index contributed by atoms with van der Waals surface area (Å²) in [6.07, 6.45) is 11.9. The molecule has 1 fully saturated rings. The highest BCUT2D eigenvalue weighted by molar-refractivity contribution is 4.97. The van der Waals surface area contributed by atoms with E-state index in [0.29, 0.717) is 6.04 Å². The van der Waals surface area contributed by atoms with Gasteiger partial charge in [-0.25, -0.2) is 0 Å². The highest BCUT2D eigenvalue weighted by Crippen LogP contribution is 2.39. The number of rotatable bonds is 10. The average molecular weight is 284 g/mol. The second-order valence-electron chi connectivity index (χ2n) is 6.66. The van der Waals surface area contributed by atoms with Crippen LogP contribution in [0.3, 0.4) is 0 Å². The Balaban J connectivity index is 2.65. The summed E-state index contributed by atoms with van der Waals surface area (Å²) < 4.78 is 6.35. The first-order valence-electron chi connectivity index (χ1n) is 9.05. The van der Waals surface area contributed by atoms with E-state index in [1.807, 2.05) is 0 Å². The van der Waals surface area contributed by atoms with Crippen molar-refractivity contribution in [2.75, 3.05) is 13.2 Å². The van der Waals surface area contributed by atoms with Gasteiger partial charge in [0.05, 0.1) is 5.60 Å². The number of ether oxygens (including phenoxy) is 1. The van der Waals surface area contributed by atoms with Crippen molar-refractivity contribution in [3.05, 3.63) is 0 Å². The lowest BCUT2D eigenvalue weighted by atomic mass is 9.73. The lowest BCUT2D eigenvalue weighted by Gasteiger charge is -2.46. The van der Waals surface area contributed by atoms with Gasteiger partial charge in [-0.3, -0.25) is 0 Å². The van der Waals surface area contributed by atoms with E-state index < -0.39 is 0 Å². The number of nitrogens with one attached hydrogen (secondary N) is 1. The Morgan fingerprint density at radius 2 is 2.00 bits per heavy atom. The van der Waals surface area contributed by atoms with Crippen LogP contribution in [0.4, 0.5) is 0 Å². The normalized spacial score (nSPS) is 28.5. The molecule has 3 atom stereocenters. The van der Waals surface area contributed by atoms with Gasteiger partial charge in [0.15, 0.2) is 0 Å². The molecule has 0 heterocycles. The van der Waals surface area contributed by atoms with Gasteiger partial charge in [0.1, 0.15) is 0 Å². The van der Waals surface area contributed by atoms with Crippen molar-refractivity contribution in [3.8, 4) is 0 Å². The molecule has 1 saturated carbocycles. The highest BCUT2D eigenvalue weighted by Gasteiger charge is 2.41. The largest absolute Gasteiger partial charge is 0.374 e.